The zero-order chi connectivity index (χ0) is 19.5. The van der Waals surface area contributed by atoms with E-state index >= 15 is 0 Å². The fraction of sp³-hybridized carbons (Fsp3) is 0.0400. The predicted octanol–water partition coefficient (Wildman–Crippen LogP) is 5.90. The van der Waals surface area contributed by atoms with Crippen LogP contribution in [0.5, 0.6) is 0 Å². The summed E-state index contributed by atoms with van der Waals surface area (Å²) in [7, 11) is 0. The number of nitrogens with zero attached hydrogens (tertiary/aromatic N) is 2. The molecule has 2 aromatic carbocycles. The minimum absolute atomic E-state index is 0.741. The third-order valence-electron chi connectivity index (χ3n) is 4.98. The third-order valence-corrected chi connectivity index (χ3v) is 4.98. The van der Waals surface area contributed by atoms with E-state index in [0.29, 0.717) is 0 Å². The number of rotatable bonds is 5. The second kappa shape index (κ2) is 7.60. The lowest BCUT2D eigenvalue weighted by Crippen LogP contribution is -2.01. The van der Waals surface area contributed by atoms with Gasteiger partial charge >= 0.3 is 0 Å². The summed E-state index contributed by atoms with van der Waals surface area (Å²) >= 11 is 0. The van der Waals surface area contributed by atoms with Gasteiger partial charge in [-0.05, 0) is 29.3 Å². The van der Waals surface area contributed by atoms with E-state index in [-0.39, 0.29) is 0 Å². The Bertz CT molecular complexity index is 1240. The highest BCUT2D eigenvalue weighted by Crippen LogP contribution is 2.30. The van der Waals surface area contributed by atoms with E-state index in [0.717, 1.165) is 45.8 Å². The summed E-state index contributed by atoms with van der Waals surface area (Å²) in [5, 5.41) is 4.48. The quantitative estimate of drug-likeness (QED) is 0.401. The first-order valence-corrected chi connectivity index (χ1v) is 9.64. The van der Waals surface area contributed by atoms with Crippen LogP contribution in [0.25, 0.3) is 33.4 Å². The van der Waals surface area contributed by atoms with E-state index < -0.39 is 0 Å². The molecule has 4 heteroatoms. The van der Waals surface area contributed by atoms with E-state index in [1.54, 1.807) is 0 Å². The number of hydrogen-bond donors (Lipinski definition) is 2. The average Bonchev–Trinajstić information content (AvgIpc) is 3.22. The first-order valence-electron chi connectivity index (χ1n) is 9.64. The number of H-pyrrole nitrogens is 1. The highest BCUT2D eigenvalue weighted by molar-refractivity contribution is 5.95. The Morgan fingerprint density at radius 1 is 0.793 bits per heavy atom. The summed E-state index contributed by atoms with van der Waals surface area (Å²) in [6, 6.07) is 28.9. The van der Waals surface area contributed by atoms with Crippen LogP contribution in [0.3, 0.4) is 0 Å². The Hall–Kier alpha value is -3.92. The van der Waals surface area contributed by atoms with Gasteiger partial charge in [-0.2, -0.15) is 0 Å². The molecule has 0 spiro atoms. The van der Waals surface area contributed by atoms with Crippen LogP contribution in [0.15, 0.2) is 97.3 Å². The molecule has 0 aliphatic heterocycles. The van der Waals surface area contributed by atoms with Crippen molar-refractivity contribution in [1.29, 1.82) is 0 Å². The van der Waals surface area contributed by atoms with Gasteiger partial charge in [0.05, 0.1) is 5.69 Å². The van der Waals surface area contributed by atoms with Crippen molar-refractivity contribution in [2.24, 2.45) is 0 Å². The van der Waals surface area contributed by atoms with Crippen molar-refractivity contribution in [3.63, 3.8) is 0 Å². The second-order valence-electron chi connectivity index (χ2n) is 6.94. The fourth-order valence-corrected chi connectivity index (χ4v) is 3.48. The maximum atomic E-state index is 4.82. The molecule has 0 saturated heterocycles. The normalized spacial score (nSPS) is 10.9. The van der Waals surface area contributed by atoms with Crippen molar-refractivity contribution >= 4 is 16.9 Å². The van der Waals surface area contributed by atoms with Crippen LogP contribution < -0.4 is 5.32 Å². The Morgan fingerprint density at radius 2 is 1.59 bits per heavy atom. The van der Waals surface area contributed by atoms with Crippen LogP contribution in [0.2, 0.25) is 0 Å². The lowest BCUT2D eigenvalue weighted by atomic mass is 10.0. The van der Waals surface area contributed by atoms with Crippen molar-refractivity contribution in [3.05, 3.63) is 103 Å². The molecule has 0 aliphatic rings. The minimum atomic E-state index is 0.741. The number of pyridine rings is 2. The number of nitrogens with one attached hydrogen (secondary N) is 2. The molecule has 0 amide bonds. The van der Waals surface area contributed by atoms with Crippen LogP contribution >= 0.6 is 0 Å². The molecule has 0 radical (unpaired) electrons. The van der Waals surface area contributed by atoms with Gasteiger partial charge in [-0.15, -0.1) is 0 Å². The van der Waals surface area contributed by atoms with Gasteiger partial charge in [0.1, 0.15) is 11.5 Å². The number of aromatic amines is 1. The van der Waals surface area contributed by atoms with E-state index in [9.17, 15) is 0 Å². The second-order valence-corrected chi connectivity index (χ2v) is 6.94. The smallest absolute Gasteiger partial charge is 0.137 e. The maximum Gasteiger partial charge on any atom is 0.137 e. The van der Waals surface area contributed by atoms with Crippen LogP contribution in [-0.2, 0) is 6.54 Å². The van der Waals surface area contributed by atoms with Crippen molar-refractivity contribution in [2.45, 2.75) is 6.54 Å². The zero-order valence-corrected chi connectivity index (χ0v) is 15.8. The van der Waals surface area contributed by atoms with E-state index in [2.05, 4.69) is 45.6 Å². The summed E-state index contributed by atoms with van der Waals surface area (Å²) in [5.41, 5.74) is 6.31. The molecule has 0 saturated carbocycles. The highest BCUT2D eigenvalue weighted by Gasteiger charge is 2.10. The number of aromatic nitrogens is 3. The van der Waals surface area contributed by atoms with E-state index in [1.807, 2.05) is 67.0 Å². The van der Waals surface area contributed by atoms with Crippen molar-refractivity contribution in [2.75, 3.05) is 5.32 Å². The summed E-state index contributed by atoms with van der Waals surface area (Å²) in [4.78, 5) is 12.7. The van der Waals surface area contributed by atoms with Gasteiger partial charge in [-0.25, -0.2) is 9.97 Å². The molecule has 0 bridgehead atoms. The number of hydrogen-bond acceptors (Lipinski definition) is 3. The van der Waals surface area contributed by atoms with Crippen LogP contribution in [0, 0.1) is 0 Å². The Morgan fingerprint density at radius 3 is 2.41 bits per heavy atom. The van der Waals surface area contributed by atoms with Gasteiger partial charge in [0.2, 0.25) is 0 Å². The molecular weight excluding hydrogens is 356 g/mol. The van der Waals surface area contributed by atoms with Gasteiger partial charge in [0.25, 0.3) is 0 Å². The van der Waals surface area contributed by atoms with Gasteiger partial charge in [-0.3, -0.25) is 0 Å². The number of fused-ring (bicyclic) bond motifs is 1. The molecule has 3 aromatic heterocycles. The lowest BCUT2D eigenvalue weighted by molar-refractivity contribution is 1.11. The molecule has 140 valence electrons. The van der Waals surface area contributed by atoms with Gasteiger partial charge in [-0.1, -0.05) is 66.7 Å². The zero-order valence-electron chi connectivity index (χ0n) is 15.8. The molecule has 4 nitrogen and oxygen atoms in total. The van der Waals surface area contributed by atoms with Gasteiger partial charge in [0.15, 0.2) is 0 Å². The molecule has 0 atom stereocenters. The van der Waals surface area contributed by atoms with Crippen LogP contribution in [0.4, 0.5) is 5.82 Å². The first kappa shape index (κ1) is 17.2. The van der Waals surface area contributed by atoms with E-state index in [1.165, 1.54) is 5.56 Å². The monoisotopic (exact) mass is 376 g/mol. The van der Waals surface area contributed by atoms with Crippen LogP contribution in [0.1, 0.15) is 5.56 Å². The van der Waals surface area contributed by atoms with Crippen LogP contribution in [-0.4, -0.2) is 15.0 Å². The Balaban J connectivity index is 1.47. The molecule has 5 aromatic rings. The molecule has 2 N–H and O–H groups in total. The van der Waals surface area contributed by atoms with Gasteiger partial charge < -0.3 is 10.3 Å². The van der Waals surface area contributed by atoms with Crippen molar-refractivity contribution < 1.29 is 0 Å². The largest absolute Gasteiger partial charge is 0.366 e. The third kappa shape index (κ3) is 3.60. The van der Waals surface area contributed by atoms with E-state index in [4.69, 9.17) is 4.98 Å². The molecule has 29 heavy (non-hydrogen) atoms. The molecule has 5 rings (SSSR count). The molecule has 0 unspecified atom stereocenters. The topological polar surface area (TPSA) is 53.6 Å². The van der Waals surface area contributed by atoms with Crippen molar-refractivity contribution in [1.82, 2.24) is 15.0 Å². The standard InChI is InChI=1S/C25H20N4/c1-3-8-18(9-4-1)15-26-24-13-7-12-23(29-24)22-17-28-25-21(22)14-20(16-27-25)19-10-5-2-6-11-19/h1-14,16-17H,15H2,(H,26,29)(H,27,28). The van der Waals surface area contributed by atoms with Crippen molar-refractivity contribution in [3.8, 4) is 22.4 Å². The summed E-state index contributed by atoms with van der Waals surface area (Å²) in [6.45, 7) is 0.741. The molecule has 0 fully saturated rings. The summed E-state index contributed by atoms with van der Waals surface area (Å²) in [5.74, 6) is 0.855. The number of anilines is 1. The summed E-state index contributed by atoms with van der Waals surface area (Å²) in [6.07, 6.45) is 3.89. The predicted molar refractivity (Wildman–Crippen MR) is 119 cm³/mol. The maximum absolute atomic E-state index is 4.82. The summed E-state index contributed by atoms with van der Waals surface area (Å²) < 4.78 is 0. The Labute approximate surface area is 169 Å². The first-order chi connectivity index (χ1) is 14.4. The molecule has 3 heterocycles. The average molecular weight is 376 g/mol. The van der Waals surface area contributed by atoms with Gasteiger partial charge in [0, 0.05) is 35.5 Å². The SMILES string of the molecule is c1ccc(CNc2cccc(-c3c[nH]c4ncc(-c5ccccc5)cc34)n2)cc1. The molecule has 0 aliphatic carbocycles. The Kier molecular flexibility index (Phi) is 4.51. The fourth-order valence-electron chi connectivity index (χ4n) is 3.48. The lowest BCUT2D eigenvalue weighted by Gasteiger charge is -2.08. The molecular formula is C25H20N4. The highest BCUT2D eigenvalue weighted by atomic mass is 15.0. The number of benzene rings is 2. The minimum Gasteiger partial charge on any atom is -0.366 e.